The number of alkyl halides is 2. The maximum absolute atomic E-state index is 15.7. The van der Waals surface area contributed by atoms with E-state index in [0.29, 0.717) is 31.1 Å². The Labute approximate surface area is 235 Å². The number of halogens is 2. The van der Waals surface area contributed by atoms with E-state index in [-0.39, 0.29) is 11.6 Å². The molecule has 8 bridgehead atoms. The number of nitrogens with zero attached hydrogens (tertiary/aromatic N) is 4. The number of hydrogen-bond donors (Lipinski definition) is 2. The number of anilines is 2. The predicted octanol–water partition coefficient (Wildman–Crippen LogP) is 6.48. The van der Waals surface area contributed by atoms with Gasteiger partial charge in [0, 0.05) is 24.1 Å². The Hall–Kier alpha value is -3.09. The molecule has 1 aliphatic carbocycles. The van der Waals surface area contributed by atoms with E-state index >= 15 is 8.78 Å². The zero-order chi connectivity index (χ0) is 27.7. The number of rotatable bonds is 1. The van der Waals surface area contributed by atoms with E-state index in [1.807, 2.05) is 19.1 Å². The van der Waals surface area contributed by atoms with Crippen molar-refractivity contribution in [2.24, 2.45) is 11.3 Å². The normalized spacial score (nSPS) is 29.5. The van der Waals surface area contributed by atoms with E-state index in [1.165, 1.54) is 6.33 Å². The number of nitrogens with one attached hydrogen (secondary N) is 2. The minimum atomic E-state index is -2.88. The van der Waals surface area contributed by atoms with E-state index < -0.39 is 23.5 Å². The molecule has 1 aromatic carbocycles. The van der Waals surface area contributed by atoms with Crippen LogP contribution >= 0.6 is 0 Å². The van der Waals surface area contributed by atoms with E-state index in [2.05, 4.69) is 31.6 Å². The van der Waals surface area contributed by atoms with Gasteiger partial charge in [-0.2, -0.15) is 5.26 Å². The highest BCUT2D eigenvalue weighted by Crippen LogP contribution is 2.55. The van der Waals surface area contributed by atoms with Crippen LogP contribution in [-0.4, -0.2) is 47.3 Å². The number of benzene rings is 1. The van der Waals surface area contributed by atoms with Crippen molar-refractivity contribution in [1.29, 1.82) is 5.26 Å². The molecule has 9 heteroatoms. The lowest BCUT2D eigenvalue weighted by atomic mass is 9.85. The second-order valence-corrected chi connectivity index (χ2v) is 11.8. The van der Waals surface area contributed by atoms with Crippen molar-refractivity contribution < 1.29 is 13.5 Å². The van der Waals surface area contributed by atoms with Crippen LogP contribution in [0.1, 0.15) is 81.0 Å². The van der Waals surface area contributed by atoms with Crippen LogP contribution in [0.2, 0.25) is 0 Å². The molecule has 0 radical (unpaired) electrons. The molecule has 7 nitrogen and oxygen atoms in total. The van der Waals surface area contributed by atoms with Crippen molar-refractivity contribution in [2.45, 2.75) is 76.5 Å². The first-order valence-electron chi connectivity index (χ1n) is 14.7. The van der Waals surface area contributed by atoms with Crippen molar-refractivity contribution >= 4 is 17.7 Å². The summed E-state index contributed by atoms with van der Waals surface area (Å²) in [4.78, 5) is 11.3. The Morgan fingerprint density at radius 2 is 1.77 bits per heavy atom. The fourth-order valence-electron chi connectivity index (χ4n) is 6.36. The minimum absolute atomic E-state index is 0.0810. The van der Waals surface area contributed by atoms with Gasteiger partial charge in [-0.05, 0) is 88.4 Å². The van der Waals surface area contributed by atoms with Crippen LogP contribution in [0.4, 0.5) is 20.4 Å². The van der Waals surface area contributed by atoms with Gasteiger partial charge in [0.2, 0.25) is 0 Å². The Morgan fingerprint density at radius 3 is 2.52 bits per heavy atom. The lowest BCUT2D eigenvalue weighted by Gasteiger charge is -2.36. The standard InChI is InChI=1S/C31H38F2N6O/c1-21-22-7-6-8-24(17-22)31(32,33)23-9-14-39(15-10-23)13-4-2-3-5-16-40-29-26(30(19-34)11-12-30)18-25-27(37-21)35-20-36-28(25)38-29/h6-8,17-18,20-21,23,29H,2-5,9-16H2,1H3,(H2,35,36,37,38)/t21-,29?/m1/s1. The number of hydrogen-bond acceptors (Lipinski definition) is 7. The van der Waals surface area contributed by atoms with Crippen molar-refractivity contribution in [1.82, 2.24) is 14.9 Å². The third-order valence-corrected chi connectivity index (χ3v) is 9.13. The SMILES string of the molecule is C[C@H]1Nc2ncnc3c2C=C(C2(C#N)CC2)C(N3)OCCCCCCN2CCC(CC2)C(F)(F)c2cccc1c2. The quantitative estimate of drug-likeness (QED) is 0.422. The third kappa shape index (κ3) is 5.31. The van der Waals surface area contributed by atoms with Crippen LogP contribution in [0, 0.1) is 22.7 Å². The van der Waals surface area contributed by atoms with E-state index in [0.717, 1.165) is 74.9 Å². The summed E-state index contributed by atoms with van der Waals surface area (Å²) in [5, 5.41) is 16.9. The zero-order valence-electron chi connectivity index (χ0n) is 23.1. The summed E-state index contributed by atoms with van der Waals surface area (Å²) in [6, 6.07) is 9.05. The van der Waals surface area contributed by atoms with Gasteiger partial charge in [-0.3, -0.25) is 0 Å². The molecular formula is C31H38F2N6O. The molecule has 2 aromatic rings. The van der Waals surface area contributed by atoms with Crippen LogP contribution < -0.4 is 10.6 Å². The van der Waals surface area contributed by atoms with Gasteiger partial charge in [-0.1, -0.05) is 31.0 Å². The second kappa shape index (κ2) is 11.1. The number of ether oxygens (including phenoxy) is 1. The average molecular weight is 549 g/mol. The van der Waals surface area contributed by atoms with Gasteiger partial charge >= 0.3 is 0 Å². The van der Waals surface area contributed by atoms with Crippen molar-refractivity contribution in [2.75, 3.05) is 36.9 Å². The summed E-state index contributed by atoms with van der Waals surface area (Å²) in [7, 11) is 0. The first kappa shape index (κ1) is 27.1. The van der Waals surface area contributed by atoms with Crippen molar-refractivity contribution in [3.63, 3.8) is 0 Å². The Balaban J connectivity index is 1.33. The van der Waals surface area contributed by atoms with E-state index in [9.17, 15) is 5.26 Å². The Morgan fingerprint density at radius 1 is 1.02 bits per heavy atom. The predicted molar refractivity (Wildman–Crippen MR) is 151 cm³/mol. The molecule has 1 unspecified atom stereocenters. The van der Waals surface area contributed by atoms with Gasteiger partial charge in [0.25, 0.3) is 5.92 Å². The molecule has 1 saturated carbocycles. The summed E-state index contributed by atoms with van der Waals surface area (Å²) in [5.74, 6) is -2.29. The van der Waals surface area contributed by atoms with Crippen LogP contribution in [-0.2, 0) is 10.7 Å². The largest absolute Gasteiger partial charge is 0.363 e. The molecule has 7 heterocycles. The third-order valence-electron chi connectivity index (χ3n) is 9.13. The van der Waals surface area contributed by atoms with Crippen LogP contribution in [0.15, 0.2) is 36.2 Å². The van der Waals surface area contributed by atoms with Crippen molar-refractivity contribution in [3.05, 3.63) is 52.9 Å². The van der Waals surface area contributed by atoms with Crippen LogP contribution in [0.3, 0.4) is 0 Å². The smallest absolute Gasteiger partial charge is 0.276 e. The maximum Gasteiger partial charge on any atom is 0.276 e. The summed E-state index contributed by atoms with van der Waals surface area (Å²) in [6.07, 6.45) is 9.83. The maximum atomic E-state index is 15.7. The van der Waals surface area contributed by atoms with Crippen LogP contribution in [0.25, 0.3) is 6.08 Å². The molecule has 40 heavy (non-hydrogen) atoms. The number of nitriles is 1. The summed E-state index contributed by atoms with van der Waals surface area (Å²) < 4.78 is 37.8. The zero-order valence-corrected chi connectivity index (χ0v) is 23.1. The van der Waals surface area contributed by atoms with Gasteiger partial charge in [-0.25, -0.2) is 18.7 Å². The Kier molecular flexibility index (Phi) is 7.49. The molecule has 0 amide bonds. The first-order valence-corrected chi connectivity index (χ1v) is 14.7. The highest BCUT2D eigenvalue weighted by atomic mass is 19.3. The van der Waals surface area contributed by atoms with Crippen molar-refractivity contribution in [3.8, 4) is 6.07 Å². The monoisotopic (exact) mass is 548 g/mol. The molecule has 2 fully saturated rings. The molecule has 1 saturated heterocycles. The molecule has 212 valence electrons. The molecule has 7 aliphatic rings. The first-order chi connectivity index (χ1) is 19.4. The van der Waals surface area contributed by atoms with Gasteiger partial charge in [0.1, 0.15) is 18.0 Å². The highest BCUT2D eigenvalue weighted by Gasteiger charge is 2.51. The fraction of sp³-hybridized carbons (Fsp3) is 0.581. The number of piperidine rings is 1. The highest BCUT2D eigenvalue weighted by molar-refractivity contribution is 5.79. The van der Waals surface area contributed by atoms with E-state index in [1.54, 1.807) is 18.2 Å². The molecule has 6 aliphatic heterocycles. The molecule has 0 spiro atoms. The van der Waals surface area contributed by atoms with Gasteiger partial charge in [-0.15, -0.1) is 0 Å². The fourth-order valence-corrected chi connectivity index (χ4v) is 6.36. The Bertz CT molecular complexity index is 1290. The molecule has 2 N–H and O–H groups in total. The van der Waals surface area contributed by atoms with Gasteiger partial charge in [0.05, 0.1) is 17.0 Å². The number of aromatic nitrogens is 2. The van der Waals surface area contributed by atoms with Gasteiger partial charge in [0.15, 0.2) is 6.23 Å². The molecule has 9 rings (SSSR count). The van der Waals surface area contributed by atoms with Crippen LogP contribution in [0.5, 0.6) is 0 Å². The van der Waals surface area contributed by atoms with E-state index in [4.69, 9.17) is 4.74 Å². The molecule has 1 aromatic heterocycles. The minimum Gasteiger partial charge on any atom is -0.363 e. The topological polar surface area (TPSA) is 86.1 Å². The summed E-state index contributed by atoms with van der Waals surface area (Å²) in [5.41, 5.74) is 2.00. The second-order valence-electron chi connectivity index (χ2n) is 11.8. The molecule has 2 atom stereocenters. The average Bonchev–Trinajstić information content (AvgIpc) is 3.77. The lowest BCUT2D eigenvalue weighted by Crippen LogP contribution is -2.40. The lowest BCUT2D eigenvalue weighted by molar-refractivity contribution is -0.0855. The summed E-state index contributed by atoms with van der Waals surface area (Å²) >= 11 is 0. The van der Waals surface area contributed by atoms with Gasteiger partial charge < -0.3 is 20.3 Å². The molecular weight excluding hydrogens is 510 g/mol. The summed E-state index contributed by atoms with van der Waals surface area (Å²) in [6.45, 7) is 4.95.